The van der Waals surface area contributed by atoms with Gasteiger partial charge in [-0.05, 0) is 48.2 Å². The van der Waals surface area contributed by atoms with Crippen molar-refractivity contribution in [2.24, 2.45) is 0 Å². The smallest absolute Gasteiger partial charge is 0.118 e. The van der Waals surface area contributed by atoms with Crippen LogP contribution >= 0.6 is 0 Å². The molecule has 0 atom stereocenters. The topological polar surface area (TPSA) is 61.0 Å². The predicted molar refractivity (Wildman–Crippen MR) is 121 cm³/mol. The fourth-order valence-corrected chi connectivity index (χ4v) is 2.90. The molecule has 0 unspecified atom stereocenters. The van der Waals surface area contributed by atoms with Crippen molar-refractivity contribution in [1.29, 1.82) is 0 Å². The second kappa shape index (κ2) is 15.7. The number of benzene rings is 2. The van der Waals surface area contributed by atoms with Crippen molar-refractivity contribution in [3.05, 3.63) is 59.7 Å². The Balaban J connectivity index is 0.000000215. The van der Waals surface area contributed by atoms with Crippen LogP contribution in [0.1, 0.15) is 11.1 Å². The van der Waals surface area contributed by atoms with E-state index in [1.165, 1.54) is 11.1 Å². The molecule has 0 bridgehead atoms. The zero-order valence-corrected chi connectivity index (χ0v) is 18.3. The average molecular weight is 417 g/mol. The first-order chi connectivity index (χ1) is 14.8. The minimum absolute atomic E-state index is 0.889. The molecule has 0 amide bonds. The van der Waals surface area contributed by atoms with Crippen LogP contribution < -0.4 is 20.1 Å². The number of hydrogen-bond donors (Lipinski definition) is 2. The zero-order valence-electron chi connectivity index (χ0n) is 18.3. The maximum absolute atomic E-state index is 5.14. The summed E-state index contributed by atoms with van der Waals surface area (Å²) >= 11 is 0. The number of methoxy groups -OCH3 is 2. The minimum Gasteiger partial charge on any atom is -0.497 e. The molecule has 6 heteroatoms. The first-order valence-corrected chi connectivity index (χ1v) is 10.6. The van der Waals surface area contributed by atoms with Crippen molar-refractivity contribution < 1.29 is 18.9 Å². The van der Waals surface area contributed by atoms with Gasteiger partial charge in [0, 0.05) is 26.2 Å². The van der Waals surface area contributed by atoms with Gasteiger partial charge < -0.3 is 29.6 Å². The highest BCUT2D eigenvalue weighted by Crippen LogP contribution is 2.15. The lowest BCUT2D eigenvalue weighted by Crippen LogP contribution is -2.30. The molecule has 30 heavy (non-hydrogen) atoms. The van der Waals surface area contributed by atoms with Gasteiger partial charge in [-0.15, -0.1) is 0 Å². The Morgan fingerprint density at radius 3 is 1.13 bits per heavy atom. The molecule has 2 aromatic rings. The third kappa shape index (κ3) is 10.6. The number of rotatable bonds is 5. The molecule has 0 saturated carbocycles. The van der Waals surface area contributed by atoms with Crippen molar-refractivity contribution in [1.82, 2.24) is 10.6 Å². The maximum atomic E-state index is 5.14. The van der Waals surface area contributed by atoms with E-state index in [0.29, 0.717) is 0 Å². The van der Waals surface area contributed by atoms with Crippen molar-refractivity contribution >= 4 is 0 Å². The molecule has 2 N–H and O–H groups in total. The molecule has 2 aliphatic heterocycles. The molecule has 2 aromatic carbocycles. The Labute approximate surface area is 180 Å². The normalized spacial score (nSPS) is 15.7. The Morgan fingerprint density at radius 1 is 0.600 bits per heavy atom. The number of morpholine rings is 2. The van der Waals surface area contributed by atoms with E-state index in [1.54, 1.807) is 14.2 Å². The van der Waals surface area contributed by atoms with Gasteiger partial charge in [0.15, 0.2) is 0 Å². The van der Waals surface area contributed by atoms with Crippen LogP contribution in [0.4, 0.5) is 0 Å². The van der Waals surface area contributed by atoms with E-state index in [1.807, 2.05) is 24.3 Å². The molecule has 0 radical (unpaired) electrons. The molecule has 4 rings (SSSR count). The summed E-state index contributed by atoms with van der Waals surface area (Å²) < 4.78 is 20.3. The summed E-state index contributed by atoms with van der Waals surface area (Å²) in [6, 6.07) is 16.5. The van der Waals surface area contributed by atoms with Gasteiger partial charge in [0.25, 0.3) is 0 Å². The second-order valence-corrected chi connectivity index (χ2v) is 6.92. The third-order valence-corrected chi connectivity index (χ3v) is 4.71. The van der Waals surface area contributed by atoms with Gasteiger partial charge in [0.2, 0.25) is 0 Å². The second-order valence-electron chi connectivity index (χ2n) is 6.92. The predicted octanol–water partition coefficient (Wildman–Crippen LogP) is 2.70. The standard InChI is InChI=1S/C16H18O2.2C4H9NO/c1-17-15-9-5-13(6-10-15)3-4-14-7-11-16(18-2)12-8-14;2*1-3-6-4-2-5-1/h5-12H,3-4H2,1-2H3;2*5H,1-4H2. The first kappa shape index (κ1) is 24.2. The Hall–Kier alpha value is -2.12. The monoisotopic (exact) mass is 416 g/mol. The fourth-order valence-electron chi connectivity index (χ4n) is 2.90. The van der Waals surface area contributed by atoms with E-state index < -0.39 is 0 Å². The number of ether oxygens (including phenoxy) is 4. The number of hydrogen-bond acceptors (Lipinski definition) is 6. The minimum atomic E-state index is 0.889. The summed E-state index contributed by atoms with van der Waals surface area (Å²) in [5.41, 5.74) is 2.65. The van der Waals surface area contributed by atoms with Crippen LogP contribution in [0, 0.1) is 0 Å². The highest BCUT2D eigenvalue weighted by molar-refractivity contribution is 5.30. The Kier molecular flexibility index (Phi) is 12.6. The highest BCUT2D eigenvalue weighted by atomic mass is 16.5. The van der Waals surface area contributed by atoms with Gasteiger partial charge in [-0.2, -0.15) is 0 Å². The van der Waals surface area contributed by atoms with Crippen LogP contribution in [0.2, 0.25) is 0 Å². The molecule has 0 spiro atoms. The van der Waals surface area contributed by atoms with Crippen molar-refractivity contribution in [3.8, 4) is 11.5 Å². The quantitative estimate of drug-likeness (QED) is 0.782. The van der Waals surface area contributed by atoms with Crippen LogP contribution in [-0.2, 0) is 22.3 Å². The molecule has 2 heterocycles. The third-order valence-electron chi connectivity index (χ3n) is 4.71. The van der Waals surface area contributed by atoms with Crippen molar-refractivity contribution in [2.75, 3.05) is 66.8 Å². The van der Waals surface area contributed by atoms with Gasteiger partial charge in [-0.25, -0.2) is 0 Å². The van der Waals surface area contributed by atoms with Gasteiger partial charge in [0.05, 0.1) is 40.6 Å². The summed E-state index contributed by atoms with van der Waals surface area (Å²) in [4.78, 5) is 0. The van der Waals surface area contributed by atoms with Crippen LogP contribution in [0.3, 0.4) is 0 Å². The first-order valence-electron chi connectivity index (χ1n) is 10.6. The van der Waals surface area contributed by atoms with E-state index in [9.17, 15) is 0 Å². The molecule has 0 aliphatic carbocycles. The Bertz CT molecular complexity index is 571. The summed E-state index contributed by atoms with van der Waals surface area (Å²) in [5, 5.41) is 6.32. The molecule has 166 valence electrons. The molecule has 6 nitrogen and oxygen atoms in total. The molecular formula is C24H36N2O4. The highest BCUT2D eigenvalue weighted by Gasteiger charge is 1.98. The van der Waals surface area contributed by atoms with E-state index in [0.717, 1.165) is 76.9 Å². The van der Waals surface area contributed by atoms with Gasteiger partial charge >= 0.3 is 0 Å². The summed E-state index contributed by atoms with van der Waals surface area (Å²) in [5.74, 6) is 1.81. The van der Waals surface area contributed by atoms with E-state index in [4.69, 9.17) is 18.9 Å². The zero-order chi connectivity index (χ0) is 21.3. The van der Waals surface area contributed by atoms with Gasteiger partial charge in [0.1, 0.15) is 11.5 Å². The molecule has 0 aromatic heterocycles. The van der Waals surface area contributed by atoms with E-state index >= 15 is 0 Å². The van der Waals surface area contributed by atoms with E-state index in [2.05, 4.69) is 34.9 Å². The van der Waals surface area contributed by atoms with E-state index in [-0.39, 0.29) is 0 Å². The molecule has 2 saturated heterocycles. The van der Waals surface area contributed by atoms with Crippen LogP contribution in [0.5, 0.6) is 11.5 Å². The van der Waals surface area contributed by atoms with Gasteiger partial charge in [-0.1, -0.05) is 24.3 Å². The summed E-state index contributed by atoms with van der Waals surface area (Å²) in [7, 11) is 3.37. The summed E-state index contributed by atoms with van der Waals surface area (Å²) in [6.45, 7) is 7.67. The summed E-state index contributed by atoms with van der Waals surface area (Å²) in [6.07, 6.45) is 2.08. The lowest BCUT2D eigenvalue weighted by atomic mass is 10.0. The SMILES string of the molecule is C1COCCN1.C1COCCN1.COc1ccc(CCc2ccc(OC)cc2)cc1. The van der Waals surface area contributed by atoms with Crippen LogP contribution in [0.15, 0.2) is 48.5 Å². The Morgan fingerprint density at radius 2 is 0.933 bits per heavy atom. The molecular weight excluding hydrogens is 380 g/mol. The van der Waals surface area contributed by atoms with Crippen LogP contribution in [0.25, 0.3) is 0 Å². The van der Waals surface area contributed by atoms with Crippen molar-refractivity contribution in [2.45, 2.75) is 12.8 Å². The average Bonchev–Trinajstić information content (AvgIpc) is 2.86. The lowest BCUT2D eigenvalue weighted by molar-refractivity contribution is 0.109. The molecule has 2 fully saturated rings. The van der Waals surface area contributed by atoms with Gasteiger partial charge in [-0.3, -0.25) is 0 Å². The maximum Gasteiger partial charge on any atom is 0.118 e. The van der Waals surface area contributed by atoms with Crippen LogP contribution in [-0.4, -0.2) is 66.8 Å². The number of aryl methyl sites for hydroxylation is 2. The molecule has 2 aliphatic rings. The lowest BCUT2D eigenvalue weighted by Gasteiger charge is -2.10. The largest absolute Gasteiger partial charge is 0.497 e. The fraction of sp³-hybridized carbons (Fsp3) is 0.500. The van der Waals surface area contributed by atoms with Crippen molar-refractivity contribution in [3.63, 3.8) is 0 Å². The number of nitrogens with one attached hydrogen (secondary N) is 2.